The van der Waals surface area contributed by atoms with Crippen LogP contribution < -0.4 is 4.74 Å². The first kappa shape index (κ1) is 16.2. The molecule has 2 heterocycles. The molecule has 3 rings (SSSR count). The van der Waals surface area contributed by atoms with Crippen molar-refractivity contribution >= 4 is 11.2 Å². The van der Waals surface area contributed by atoms with Gasteiger partial charge in [-0.25, -0.2) is 13.8 Å². The van der Waals surface area contributed by atoms with Crippen LogP contribution >= 0.6 is 0 Å². The van der Waals surface area contributed by atoms with Gasteiger partial charge in [0.25, 0.3) is 0 Å². The van der Waals surface area contributed by atoms with Crippen molar-refractivity contribution in [3.8, 4) is 5.88 Å². The summed E-state index contributed by atoms with van der Waals surface area (Å²) in [5.74, 6) is -3.24. The van der Waals surface area contributed by atoms with E-state index in [9.17, 15) is 22.0 Å². The lowest BCUT2D eigenvalue weighted by atomic mass is 10.1. The number of imidazole rings is 1. The third-order valence-corrected chi connectivity index (χ3v) is 3.39. The highest BCUT2D eigenvalue weighted by Gasteiger charge is 2.35. The number of halogens is 5. The monoisotopic (exact) mass is 343 g/mol. The van der Waals surface area contributed by atoms with E-state index in [-0.39, 0.29) is 29.0 Å². The number of methoxy groups -OCH3 is 1. The minimum Gasteiger partial charge on any atom is -0.481 e. The van der Waals surface area contributed by atoms with Crippen LogP contribution in [0.5, 0.6) is 5.88 Å². The van der Waals surface area contributed by atoms with E-state index in [1.54, 1.807) is 0 Å². The third kappa shape index (κ3) is 2.89. The smallest absolute Gasteiger partial charge is 0.449 e. The predicted octanol–water partition coefficient (Wildman–Crippen LogP) is 3.85. The SMILES string of the molecule is COc1nc2nc(C(F)(F)F)[nH]c2cc1Cc1cccc(F)c1F. The van der Waals surface area contributed by atoms with Crippen LogP contribution in [0.3, 0.4) is 0 Å². The molecule has 126 valence electrons. The highest BCUT2D eigenvalue weighted by molar-refractivity contribution is 5.73. The molecule has 24 heavy (non-hydrogen) atoms. The van der Waals surface area contributed by atoms with Gasteiger partial charge in [0, 0.05) is 12.0 Å². The Morgan fingerprint density at radius 3 is 2.54 bits per heavy atom. The average Bonchev–Trinajstić information content (AvgIpc) is 2.94. The molecule has 0 aliphatic carbocycles. The third-order valence-electron chi connectivity index (χ3n) is 3.39. The van der Waals surface area contributed by atoms with Crippen molar-refractivity contribution in [1.29, 1.82) is 0 Å². The standard InChI is InChI=1S/C15H10F5N3O/c1-24-13-8(5-7-3-2-4-9(16)11(7)17)6-10-12(22-13)23-14(21-10)15(18,19)20/h2-4,6H,5H2,1H3,(H,21,22,23). The van der Waals surface area contributed by atoms with Gasteiger partial charge < -0.3 is 9.72 Å². The molecule has 0 atom stereocenters. The second-order valence-corrected chi connectivity index (χ2v) is 5.00. The summed E-state index contributed by atoms with van der Waals surface area (Å²) >= 11 is 0. The van der Waals surface area contributed by atoms with E-state index in [0.29, 0.717) is 5.56 Å². The molecular formula is C15H10F5N3O. The highest BCUT2D eigenvalue weighted by Crippen LogP contribution is 2.30. The Kier molecular flexibility index (Phi) is 3.86. The van der Waals surface area contributed by atoms with E-state index >= 15 is 0 Å². The molecule has 0 fully saturated rings. The number of nitrogens with one attached hydrogen (secondary N) is 1. The Morgan fingerprint density at radius 1 is 1.12 bits per heavy atom. The van der Waals surface area contributed by atoms with Crippen LogP contribution in [-0.2, 0) is 12.6 Å². The number of hydrogen-bond acceptors (Lipinski definition) is 3. The topological polar surface area (TPSA) is 50.8 Å². The van der Waals surface area contributed by atoms with E-state index < -0.39 is 23.6 Å². The molecular weight excluding hydrogens is 333 g/mol. The van der Waals surface area contributed by atoms with Crippen molar-refractivity contribution in [3.63, 3.8) is 0 Å². The molecule has 4 nitrogen and oxygen atoms in total. The first-order valence-corrected chi connectivity index (χ1v) is 6.73. The number of aromatic nitrogens is 3. The van der Waals surface area contributed by atoms with E-state index in [1.807, 2.05) is 0 Å². The van der Waals surface area contributed by atoms with Crippen molar-refractivity contribution in [3.05, 3.63) is 52.9 Å². The van der Waals surface area contributed by atoms with Crippen LogP contribution in [-0.4, -0.2) is 22.1 Å². The zero-order valence-corrected chi connectivity index (χ0v) is 12.2. The van der Waals surface area contributed by atoms with Crippen molar-refractivity contribution in [2.75, 3.05) is 7.11 Å². The summed E-state index contributed by atoms with van der Waals surface area (Å²) in [6.45, 7) is 0. The largest absolute Gasteiger partial charge is 0.481 e. The maximum Gasteiger partial charge on any atom is 0.449 e. The molecule has 0 saturated carbocycles. The average molecular weight is 343 g/mol. The van der Waals surface area contributed by atoms with Gasteiger partial charge in [-0.3, -0.25) is 0 Å². The molecule has 0 saturated heterocycles. The Bertz CT molecular complexity index is 904. The quantitative estimate of drug-likeness (QED) is 0.735. The van der Waals surface area contributed by atoms with Crippen molar-refractivity contribution in [2.24, 2.45) is 0 Å². The van der Waals surface area contributed by atoms with Crippen LogP contribution in [0.2, 0.25) is 0 Å². The fraction of sp³-hybridized carbons (Fsp3) is 0.200. The van der Waals surface area contributed by atoms with Crippen molar-refractivity contribution in [1.82, 2.24) is 15.0 Å². The van der Waals surface area contributed by atoms with Crippen molar-refractivity contribution in [2.45, 2.75) is 12.6 Å². The number of ether oxygens (including phenoxy) is 1. The van der Waals surface area contributed by atoms with Gasteiger partial charge in [-0.15, -0.1) is 0 Å². The van der Waals surface area contributed by atoms with Gasteiger partial charge in [0.1, 0.15) is 0 Å². The van der Waals surface area contributed by atoms with Crippen LogP contribution in [0.15, 0.2) is 24.3 Å². The lowest BCUT2D eigenvalue weighted by molar-refractivity contribution is -0.144. The number of H-pyrrole nitrogens is 1. The second kappa shape index (κ2) is 5.73. The molecule has 0 unspecified atom stereocenters. The molecule has 1 N–H and O–H groups in total. The lowest BCUT2D eigenvalue weighted by Crippen LogP contribution is -2.06. The Morgan fingerprint density at radius 2 is 1.88 bits per heavy atom. The molecule has 0 aliphatic rings. The van der Waals surface area contributed by atoms with Gasteiger partial charge in [0.15, 0.2) is 17.3 Å². The predicted molar refractivity (Wildman–Crippen MR) is 74.6 cm³/mol. The van der Waals surface area contributed by atoms with Gasteiger partial charge in [-0.05, 0) is 17.7 Å². The summed E-state index contributed by atoms with van der Waals surface area (Å²) < 4.78 is 70.2. The van der Waals surface area contributed by atoms with Crippen LogP contribution in [0.25, 0.3) is 11.2 Å². The minimum absolute atomic E-state index is 0.00798. The Balaban J connectivity index is 2.08. The van der Waals surface area contributed by atoms with Crippen LogP contribution in [0.4, 0.5) is 22.0 Å². The maximum atomic E-state index is 13.8. The maximum absolute atomic E-state index is 13.8. The fourth-order valence-corrected chi connectivity index (χ4v) is 2.30. The summed E-state index contributed by atoms with van der Waals surface area (Å²) in [6.07, 6.45) is -4.75. The van der Waals surface area contributed by atoms with E-state index in [0.717, 1.165) is 6.07 Å². The molecule has 0 aliphatic heterocycles. The summed E-state index contributed by atoms with van der Waals surface area (Å²) in [4.78, 5) is 9.38. The number of benzene rings is 1. The molecule has 0 radical (unpaired) electrons. The molecule has 2 aromatic heterocycles. The molecule has 0 amide bonds. The number of aromatic amines is 1. The second-order valence-electron chi connectivity index (χ2n) is 5.00. The molecule has 3 aromatic rings. The number of pyridine rings is 1. The van der Waals surface area contributed by atoms with Gasteiger partial charge in [0.2, 0.25) is 11.7 Å². The first-order valence-electron chi connectivity index (χ1n) is 6.73. The molecule has 0 bridgehead atoms. The number of hydrogen-bond donors (Lipinski definition) is 1. The van der Waals surface area contributed by atoms with Gasteiger partial charge in [-0.2, -0.15) is 18.2 Å². The zero-order chi connectivity index (χ0) is 17.5. The fourth-order valence-electron chi connectivity index (χ4n) is 2.30. The first-order chi connectivity index (χ1) is 11.3. The van der Waals surface area contributed by atoms with Crippen molar-refractivity contribution < 1.29 is 26.7 Å². The van der Waals surface area contributed by atoms with E-state index in [2.05, 4.69) is 15.0 Å². The van der Waals surface area contributed by atoms with Gasteiger partial charge >= 0.3 is 6.18 Å². The van der Waals surface area contributed by atoms with E-state index in [4.69, 9.17) is 4.74 Å². The number of rotatable bonds is 3. The number of alkyl halides is 3. The summed E-state index contributed by atoms with van der Waals surface area (Å²) in [5, 5.41) is 0. The molecule has 1 aromatic carbocycles. The molecule has 9 heteroatoms. The van der Waals surface area contributed by atoms with Crippen LogP contribution in [0, 0.1) is 11.6 Å². The Hall–Kier alpha value is -2.71. The van der Waals surface area contributed by atoms with Gasteiger partial charge in [0.05, 0.1) is 12.6 Å². The summed E-state index contributed by atoms with van der Waals surface area (Å²) in [6, 6.07) is 5.01. The number of fused-ring (bicyclic) bond motifs is 1. The number of nitrogens with zero attached hydrogens (tertiary/aromatic N) is 2. The highest BCUT2D eigenvalue weighted by atomic mass is 19.4. The van der Waals surface area contributed by atoms with E-state index in [1.165, 1.54) is 25.3 Å². The summed E-state index contributed by atoms with van der Waals surface area (Å²) in [5.41, 5.74) is 0.175. The Labute approximate surface area is 132 Å². The normalized spacial score (nSPS) is 11.9. The van der Waals surface area contributed by atoms with Crippen LogP contribution in [0.1, 0.15) is 17.0 Å². The minimum atomic E-state index is -4.65. The van der Waals surface area contributed by atoms with Gasteiger partial charge in [-0.1, -0.05) is 12.1 Å². The molecule has 0 spiro atoms. The lowest BCUT2D eigenvalue weighted by Gasteiger charge is -2.08. The summed E-state index contributed by atoms with van der Waals surface area (Å²) in [7, 11) is 1.27. The zero-order valence-electron chi connectivity index (χ0n) is 12.2.